The number of amides is 6. The van der Waals surface area contributed by atoms with Gasteiger partial charge in [0.2, 0.25) is 23.6 Å². The summed E-state index contributed by atoms with van der Waals surface area (Å²) < 4.78 is 22.7. The van der Waals surface area contributed by atoms with Gasteiger partial charge in [0, 0.05) is 61.2 Å². The highest BCUT2D eigenvalue weighted by molar-refractivity contribution is 5.99. The van der Waals surface area contributed by atoms with Crippen LogP contribution in [0.15, 0.2) is 60.7 Å². The fourth-order valence-electron chi connectivity index (χ4n) is 11.9. The van der Waals surface area contributed by atoms with E-state index in [9.17, 15) is 38.4 Å². The Balaban J connectivity index is 0.000000226. The summed E-state index contributed by atoms with van der Waals surface area (Å²) in [6.45, 7) is 23.2. The fraction of sp³-hybridized carbons (Fsp3) is 0.667. The van der Waals surface area contributed by atoms with Crippen LogP contribution in [-0.2, 0) is 47.7 Å². The predicted octanol–water partition coefficient (Wildman–Crippen LogP) is 8.87. The molecule has 4 heterocycles. The number of anilines is 2. The van der Waals surface area contributed by atoms with Crippen molar-refractivity contribution in [3.8, 4) is 0 Å². The third-order valence-electron chi connectivity index (χ3n) is 15.6. The lowest BCUT2D eigenvalue weighted by atomic mass is 9.84. The molecule has 0 bridgehead atoms. The van der Waals surface area contributed by atoms with Crippen LogP contribution in [0.1, 0.15) is 160 Å². The van der Waals surface area contributed by atoms with Gasteiger partial charge in [-0.15, -0.1) is 0 Å². The first-order valence-electron chi connectivity index (χ1n) is 28.1. The number of benzene rings is 2. The molecule has 18 heteroatoms. The number of likely N-dealkylation sites (tertiary alicyclic amines) is 2. The van der Waals surface area contributed by atoms with E-state index in [1.54, 1.807) is 51.3 Å². The Bertz CT molecular complexity index is 2350. The molecule has 2 spiro atoms. The van der Waals surface area contributed by atoms with Crippen molar-refractivity contribution < 1.29 is 57.3 Å². The van der Waals surface area contributed by atoms with Crippen molar-refractivity contribution >= 4 is 59.1 Å². The second kappa shape index (κ2) is 23.3. The van der Waals surface area contributed by atoms with Gasteiger partial charge in [-0.3, -0.25) is 19.2 Å². The molecule has 428 valence electrons. The van der Waals surface area contributed by atoms with Crippen molar-refractivity contribution in [2.45, 2.75) is 208 Å². The monoisotopic (exact) mass is 1080 g/mol. The Morgan fingerprint density at radius 2 is 0.821 bits per heavy atom. The highest BCUT2D eigenvalue weighted by Crippen LogP contribution is 2.47. The molecule has 2 aromatic rings. The Labute approximate surface area is 461 Å². The number of rotatable bonds is 10. The molecule has 6 fully saturated rings. The molecule has 4 aliphatic heterocycles. The minimum Gasteiger partial charge on any atom is -0.458 e. The molecule has 2 N–H and O–H groups in total. The molecule has 2 aromatic carbocycles. The van der Waals surface area contributed by atoms with Crippen LogP contribution >= 0.6 is 0 Å². The van der Waals surface area contributed by atoms with Crippen molar-refractivity contribution in [2.24, 2.45) is 21.7 Å². The molecule has 6 amide bonds. The van der Waals surface area contributed by atoms with E-state index in [-0.39, 0.29) is 61.8 Å². The van der Waals surface area contributed by atoms with Crippen molar-refractivity contribution in [1.29, 1.82) is 0 Å². The van der Waals surface area contributed by atoms with E-state index >= 15 is 0 Å². The number of hydrogen-bond donors (Lipinski definition) is 2. The second-order valence-corrected chi connectivity index (χ2v) is 26.9. The van der Waals surface area contributed by atoms with Gasteiger partial charge < -0.3 is 49.2 Å². The first kappa shape index (κ1) is 59.5. The third-order valence-corrected chi connectivity index (χ3v) is 15.6. The van der Waals surface area contributed by atoms with Crippen molar-refractivity contribution in [2.75, 3.05) is 36.0 Å². The summed E-state index contributed by atoms with van der Waals surface area (Å²) in [6.07, 6.45) is 6.92. The molecule has 6 aliphatic rings. The average Bonchev–Trinajstić information content (AvgIpc) is 4.32. The van der Waals surface area contributed by atoms with E-state index < -0.39 is 81.2 Å². The Morgan fingerprint density at radius 3 is 1.12 bits per heavy atom. The van der Waals surface area contributed by atoms with Gasteiger partial charge in [0.15, 0.2) is 0 Å². The number of para-hydroxylation sites is 2. The zero-order valence-corrected chi connectivity index (χ0v) is 48.2. The predicted molar refractivity (Wildman–Crippen MR) is 294 cm³/mol. The van der Waals surface area contributed by atoms with Gasteiger partial charge in [-0.1, -0.05) is 77.9 Å². The quantitative estimate of drug-likeness (QED) is 0.169. The van der Waals surface area contributed by atoms with E-state index in [1.807, 2.05) is 102 Å². The smallest absolute Gasteiger partial charge is 0.408 e. The molecule has 0 aromatic heterocycles. The number of carbonyl (C=O) groups excluding carboxylic acids is 8. The maximum absolute atomic E-state index is 14.2. The molecule has 6 atom stereocenters. The van der Waals surface area contributed by atoms with Crippen molar-refractivity contribution in [1.82, 2.24) is 20.4 Å². The summed E-state index contributed by atoms with van der Waals surface area (Å²) in [7, 11) is 0. The molecular formula is C60H86N6O12. The van der Waals surface area contributed by atoms with Gasteiger partial charge in [0.05, 0.1) is 0 Å². The van der Waals surface area contributed by atoms with E-state index in [2.05, 4.69) is 10.6 Å². The summed E-state index contributed by atoms with van der Waals surface area (Å²) in [4.78, 5) is 114. The summed E-state index contributed by atoms with van der Waals surface area (Å²) >= 11 is 0. The number of alkyl carbamates (subject to hydrolysis) is 2. The van der Waals surface area contributed by atoms with E-state index in [1.165, 1.54) is 9.80 Å². The highest BCUT2D eigenvalue weighted by Gasteiger charge is 2.58. The topological polar surface area (TPSA) is 210 Å². The molecule has 4 saturated heterocycles. The summed E-state index contributed by atoms with van der Waals surface area (Å²) in [5.74, 6) is -1.82. The molecule has 2 saturated carbocycles. The first-order valence-corrected chi connectivity index (χ1v) is 28.1. The van der Waals surface area contributed by atoms with E-state index in [0.717, 1.165) is 62.7 Å². The first-order chi connectivity index (χ1) is 36.3. The van der Waals surface area contributed by atoms with Crippen LogP contribution in [0.2, 0.25) is 0 Å². The molecule has 0 radical (unpaired) electrons. The zero-order valence-electron chi connectivity index (χ0n) is 48.2. The number of hydrogen-bond acceptors (Lipinski definition) is 12. The third kappa shape index (κ3) is 14.7. The van der Waals surface area contributed by atoms with Crippen molar-refractivity contribution in [3.63, 3.8) is 0 Å². The maximum Gasteiger partial charge on any atom is 0.408 e. The number of esters is 2. The van der Waals surface area contributed by atoms with E-state index in [4.69, 9.17) is 18.9 Å². The van der Waals surface area contributed by atoms with Gasteiger partial charge >= 0.3 is 24.1 Å². The number of nitrogens with zero attached hydrogens (tertiary/aromatic N) is 4. The fourth-order valence-corrected chi connectivity index (χ4v) is 11.9. The van der Waals surface area contributed by atoms with Crippen LogP contribution in [0.4, 0.5) is 21.0 Å². The van der Waals surface area contributed by atoms with Crippen LogP contribution in [-0.4, -0.2) is 131 Å². The Morgan fingerprint density at radius 1 is 0.500 bits per heavy atom. The zero-order chi connectivity index (χ0) is 57.2. The number of carbonyl (C=O) groups is 8. The number of ether oxygens (including phenoxy) is 4. The maximum atomic E-state index is 14.2. The average molecular weight is 1080 g/mol. The lowest BCUT2D eigenvalue weighted by Gasteiger charge is -2.36. The van der Waals surface area contributed by atoms with Crippen LogP contribution in [0, 0.1) is 21.7 Å². The molecular weight excluding hydrogens is 997 g/mol. The largest absolute Gasteiger partial charge is 0.458 e. The molecule has 78 heavy (non-hydrogen) atoms. The van der Waals surface area contributed by atoms with Crippen LogP contribution in [0.5, 0.6) is 0 Å². The standard InChI is InChI=1S/2C30H43N3O6/c2*1-28(2,3)24(31-27(37)38-21-14-10-11-15-21)25(35)33-19-30(16-22(33)26(36)39-29(4,5)6)17-23(34)32(18-30)20-12-8-7-9-13-20/h2*7-9,12-13,21-22,24H,10-11,14-19H2,1-6H3,(H,31,37)/t22-,24+,30+;22-,24+,30-/m00/s1. The summed E-state index contributed by atoms with van der Waals surface area (Å²) in [5, 5.41) is 5.62. The Hall–Kier alpha value is -6.20. The summed E-state index contributed by atoms with van der Waals surface area (Å²) in [6, 6.07) is 15.3. The lowest BCUT2D eigenvalue weighted by Crippen LogP contribution is -2.57. The van der Waals surface area contributed by atoms with Gasteiger partial charge in [-0.05, 0) is 141 Å². The Kier molecular flexibility index (Phi) is 17.7. The normalized spacial score (nSPS) is 24.8. The SMILES string of the molecule is CC(C)(C)OC(=O)[C@@H]1C[C@@]2(CC(=O)N(c3ccccc3)C2)CN1C(=O)[C@@H](NC(=O)OC1CCCC1)C(C)(C)C.CC(C)(C)OC(=O)[C@@H]1C[C@]2(CC(=O)N(c3ccccc3)C2)CN1C(=O)[C@@H](NC(=O)OC1CCCC1)C(C)(C)C. The van der Waals surface area contributed by atoms with Crippen molar-refractivity contribution in [3.05, 3.63) is 60.7 Å². The molecule has 0 unspecified atom stereocenters. The summed E-state index contributed by atoms with van der Waals surface area (Å²) in [5.41, 5.74) is -2.40. The van der Waals surface area contributed by atoms with Gasteiger partial charge in [0.25, 0.3) is 0 Å². The van der Waals surface area contributed by atoms with Crippen LogP contribution in [0.25, 0.3) is 0 Å². The van der Waals surface area contributed by atoms with Crippen LogP contribution < -0.4 is 20.4 Å². The van der Waals surface area contributed by atoms with E-state index in [0.29, 0.717) is 25.9 Å². The van der Waals surface area contributed by atoms with Gasteiger partial charge in [0.1, 0.15) is 47.6 Å². The molecule has 8 rings (SSSR count). The minimum absolute atomic E-state index is 0.0379. The van der Waals surface area contributed by atoms with Crippen LogP contribution in [0.3, 0.4) is 0 Å². The second-order valence-electron chi connectivity index (χ2n) is 26.9. The lowest BCUT2D eigenvalue weighted by molar-refractivity contribution is -0.164. The van der Waals surface area contributed by atoms with Gasteiger partial charge in [-0.2, -0.15) is 0 Å². The highest BCUT2D eigenvalue weighted by atomic mass is 16.6. The number of nitrogens with one attached hydrogen (secondary N) is 2. The molecule has 2 aliphatic carbocycles. The molecule has 18 nitrogen and oxygen atoms in total. The van der Waals surface area contributed by atoms with Gasteiger partial charge in [-0.25, -0.2) is 19.2 Å². The minimum atomic E-state index is -0.922.